The molecule has 202 valence electrons. The Kier molecular flexibility index (Phi) is 28.0. The summed E-state index contributed by atoms with van der Waals surface area (Å²) < 4.78 is 4.73. The Labute approximate surface area is 219 Å². The first kappa shape index (κ1) is 35.4. The molecule has 0 saturated carbocycles. The summed E-state index contributed by atoms with van der Waals surface area (Å²) in [5.74, 6) is -1.35. The van der Waals surface area contributed by atoms with Crippen molar-refractivity contribution >= 4 is 17.7 Å². The van der Waals surface area contributed by atoms with Crippen molar-refractivity contribution in [2.75, 3.05) is 0 Å². The van der Waals surface area contributed by atoms with Crippen molar-refractivity contribution in [1.29, 1.82) is 0 Å². The fourth-order valence-electron chi connectivity index (χ4n) is 2.77. The first-order valence-corrected chi connectivity index (χ1v) is 13.4. The maximum atomic E-state index is 11.8. The lowest BCUT2D eigenvalue weighted by Crippen LogP contribution is -2.34. The van der Waals surface area contributed by atoms with E-state index in [1.807, 2.05) is 32.9 Å². The van der Waals surface area contributed by atoms with Crippen molar-refractivity contribution in [3.05, 3.63) is 72.9 Å². The van der Waals surface area contributed by atoms with Crippen LogP contribution in [0.25, 0.3) is 0 Å². The molecule has 5 nitrogen and oxygen atoms in total. The zero-order valence-electron chi connectivity index (χ0n) is 23.0. The van der Waals surface area contributed by atoms with Gasteiger partial charge in [0.2, 0.25) is 0 Å². The summed E-state index contributed by atoms with van der Waals surface area (Å²) >= 11 is 0. The molecular weight excluding hydrogens is 450 g/mol. The van der Waals surface area contributed by atoms with Crippen LogP contribution < -0.4 is 5.73 Å². The molecule has 1 atom stereocenters. The van der Waals surface area contributed by atoms with Gasteiger partial charge in [0.1, 0.15) is 11.8 Å². The fourth-order valence-corrected chi connectivity index (χ4v) is 2.77. The summed E-state index contributed by atoms with van der Waals surface area (Å²) in [5.41, 5.74) is 5.69. The molecular formula is C31H49NO4. The van der Waals surface area contributed by atoms with E-state index in [1.54, 1.807) is 6.08 Å². The Bertz CT molecular complexity index is 742. The lowest BCUT2D eigenvalue weighted by molar-refractivity contribution is -0.160. The van der Waals surface area contributed by atoms with Gasteiger partial charge in [-0.3, -0.25) is 9.59 Å². The van der Waals surface area contributed by atoms with Crippen LogP contribution in [-0.4, -0.2) is 23.8 Å². The molecule has 2 N–H and O–H groups in total. The van der Waals surface area contributed by atoms with Gasteiger partial charge in [-0.25, -0.2) is 4.79 Å². The minimum Gasteiger partial charge on any atom is -0.392 e. The van der Waals surface area contributed by atoms with Crippen LogP contribution in [0.4, 0.5) is 0 Å². The van der Waals surface area contributed by atoms with E-state index in [0.717, 1.165) is 38.5 Å². The molecule has 0 amide bonds. The molecule has 0 aromatic rings. The standard InChI is InChI=1S/C29H43NO4.C2H6/c1-3-5-6-7-8-9-10-11-12-13-14-15-16-17-18-19-20-21-23-28(32)34-29(33)27(30)25-24-26(31)22-4-2;1-2/h5-6,8-9,11-12,14-15,17-18,20-21,27H,3-4,7,10,13,16,19,22-25,30H2,1-2H3;1-2H3/b6-5-,9-8-,12-11-,15-14-,18-17-,21-20-;. The van der Waals surface area contributed by atoms with Gasteiger partial charge in [-0.1, -0.05) is 101 Å². The van der Waals surface area contributed by atoms with Gasteiger partial charge < -0.3 is 10.5 Å². The molecule has 0 bridgehead atoms. The number of esters is 2. The van der Waals surface area contributed by atoms with E-state index in [2.05, 4.69) is 61.6 Å². The fraction of sp³-hybridized carbons (Fsp3) is 0.516. The number of Topliss-reactive ketones (excluding diaryl/α,β-unsaturated/α-hetero) is 1. The smallest absolute Gasteiger partial charge is 0.330 e. The molecule has 5 heteroatoms. The molecule has 0 fully saturated rings. The van der Waals surface area contributed by atoms with E-state index < -0.39 is 18.0 Å². The highest BCUT2D eigenvalue weighted by molar-refractivity contribution is 5.89. The molecule has 0 saturated heterocycles. The number of rotatable bonds is 19. The van der Waals surface area contributed by atoms with Gasteiger partial charge in [-0.05, 0) is 51.4 Å². The van der Waals surface area contributed by atoms with Crippen molar-refractivity contribution in [2.24, 2.45) is 5.73 Å². The molecule has 1 unspecified atom stereocenters. The first-order valence-electron chi connectivity index (χ1n) is 13.4. The second-order valence-electron chi connectivity index (χ2n) is 7.85. The number of carbonyl (C=O) groups excluding carboxylic acids is 3. The van der Waals surface area contributed by atoms with Crippen LogP contribution in [0.3, 0.4) is 0 Å². The molecule has 0 aliphatic carbocycles. The highest BCUT2D eigenvalue weighted by atomic mass is 16.6. The lowest BCUT2D eigenvalue weighted by atomic mass is 10.1. The Morgan fingerprint density at radius 1 is 0.667 bits per heavy atom. The molecule has 0 spiro atoms. The summed E-state index contributed by atoms with van der Waals surface area (Å²) in [4.78, 5) is 35.0. The van der Waals surface area contributed by atoms with Crippen LogP contribution in [0.15, 0.2) is 72.9 Å². The SMILES string of the molecule is CC.CC/C=C\C/C=C\C/C=C\C/C=C\C/C=C\C/C=C\CC(=O)OC(=O)C(N)CCC(=O)CCC. The number of ether oxygens (including phenoxy) is 1. The number of carbonyl (C=O) groups is 3. The first-order chi connectivity index (χ1) is 17.5. The number of hydrogen-bond donors (Lipinski definition) is 1. The third-order valence-electron chi connectivity index (χ3n) is 4.66. The van der Waals surface area contributed by atoms with E-state index in [-0.39, 0.29) is 25.0 Å². The molecule has 0 heterocycles. The molecule has 0 radical (unpaired) electrons. The normalized spacial score (nSPS) is 12.8. The van der Waals surface area contributed by atoms with Crippen molar-refractivity contribution in [3.63, 3.8) is 0 Å². The number of ketones is 1. The van der Waals surface area contributed by atoms with E-state index >= 15 is 0 Å². The molecule has 0 aliphatic heterocycles. The Morgan fingerprint density at radius 2 is 1.08 bits per heavy atom. The predicted octanol–water partition coefficient (Wildman–Crippen LogP) is 7.65. The second-order valence-corrected chi connectivity index (χ2v) is 7.85. The third kappa shape index (κ3) is 25.8. The minimum atomic E-state index is -0.949. The van der Waals surface area contributed by atoms with Crippen molar-refractivity contribution in [2.45, 2.75) is 104 Å². The quantitative estimate of drug-likeness (QED) is 0.112. The van der Waals surface area contributed by atoms with Crippen LogP contribution >= 0.6 is 0 Å². The minimum absolute atomic E-state index is 0.0118. The molecule has 0 aromatic heterocycles. The monoisotopic (exact) mass is 499 g/mol. The highest BCUT2D eigenvalue weighted by Gasteiger charge is 2.19. The van der Waals surface area contributed by atoms with Crippen LogP contribution in [0.2, 0.25) is 0 Å². The van der Waals surface area contributed by atoms with Crippen LogP contribution in [0, 0.1) is 0 Å². The van der Waals surface area contributed by atoms with Gasteiger partial charge >= 0.3 is 11.9 Å². The zero-order chi connectivity index (χ0) is 27.3. The van der Waals surface area contributed by atoms with E-state index in [4.69, 9.17) is 10.5 Å². The number of nitrogens with two attached hydrogens (primary N) is 1. The average molecular weight is 500 g/mol. The Hall–Kier alpha value is -2.79. The molecule has 36 heavy (non-hydrogen) atoms. The van der Waals surface area contributed by atoms with Gasteiger partial charge in [-0.15, -0.1) is 0 Å². The Balaban J connectivity index is 0. The maximum absolute atomic E-state index is 11.8. The van der Waals surface area contributed by atoms with Gasteiger partial charge in [0, 0.05) is 12.8 Å². The number of allylic oxidation sites excluding steroid dienone is 11. The molecule has 0 rings (SSSR count). The lowest BCUT2D eigenvalue weighted by Gasteiger charge is -2.09. The van der Waals surface area contributed by atoms with E-state index in [1.165, 1.54) is 0 Å². The third-order valence-corrected chi connectivity index (χ3v) is 4.66. The van der Waals surface area contributed by atoms with Crippen LogP contribution in [0.5, 0.6) is 0 Å². The summed E-state index contributed by atoms with van der Waals surface area (Å²) in [6.45, 7) is 8.05. The summed E-state index contributed by atoms with van der Waals surface area (Å²) in [7, 11) is 0. The largest absolute Gasteiger partial charge is 0.392 e. The number of hydrogen-bond acceptors (Lipinski definition) is 5. The zero-order valence-corrected chi connectivity index (χ0v) is 23.0. The molecule has 0 aromatic carbocycles. The summed E-state index contributed by atoms with van der Waals surface area (Å²) in [5, 5.41) is 0. The summed E-state index contributed by atoms with van der Waals surface area (Å²) in [6, 6.07) is -0.949. The van der Waals surface area contributed by atoms with Gasteiger partial charge in [0.05, 0.1) is 6.42 Å². The average Bonchev–Trinajstić information content (AvgIpc) is 2.87. The van der Waals surface area contributed by atoms with Crippen LogP contribution in [0.1, 0.15) is 98.3 Å². The highest BCUT2D eigenvalue weighted by Crippen LogP contribution is 2.04. The maximum Gasteiger partial charge on any atom is 0.330 e. The van der Waals surface area contributed by atoms with Gasteiger partial charge in [-0.2, -0.15) is 0 Å². The predicted molar refractivity (Wildman–Crippen MR) is 152 cm³/mol. The second kappa shape index (κ2) is 28.4. The van der Waals surface area contributed by atoms with Crippen LogP contribution in [-0.2, 0) is 19.1 Å². The van der Waals surface area contributed by atoms with Gasteiger partial charge in [0.15, 0.2) is 0 Å². The van der Waals surface area contributed by atoms with Crippen molar-refractivity contribution < 1.29 is 19.1 Å². The van der Waals surface area contributed by atoms with E-state index in [0.29, 0.717) is 12.8 Å². The van der Waals surface area contributed by atoms with E-state index in [9.17, 15) is 14.4 Å². The van der Waals surface area contributed by atoms with Gasteiger partial charge in [0.25, 0.3) is 0 Å². The molecule has 0 aliphatic rings. The van der Waals surface area contributed by atoms with Crippen molar-refractivity contribution in [1.82, 2.24) is 0 Å². The topological polar surface area (TPSA) is 86.5 Å². The Morgan fingerprint density at radius 3 is 1.50 bits per heavy atom. The van der Waals surface area contributed by atoms with Crippen molar-refractivity contribution in [3.8, 4) is 0 Å². The summed E-state index contributed by atoms with van der Waals surface area (Å²) in [6.07, 6.45) is 32.2.